The minimum Gasteiger partial charge on any atom is -0.375 e. The molecule has 2 aromatic rings. The average Bonchev–Trinajstić information content (AvgIpc) is 3.26. The number of rotatable bonds is 7. The number of amides is 2. The molecule has 2 heterocycles. The summed E-state index contributed by atoms with van der Waals surface area (Å²) in [7, 11) is 2.06. The van der Waals surface area contributed by atoms with Gasteiger partial charge in [0.2, 0.25) is 5.91 Å². The van der Waals surface area contributed by atoms with E-state index in [1.54, 1.807) is 4.90 Å². The molecule has 0 aliphatic carbocycles. The van der Waals surface area contributed by atoms with E-state index in [4.69, 9.17) is 0 Å². The fourth-order valence-corrected chi connectivity index (χ4v) is 4.13. The first-order chi connectivity index (χ1) is 13.2. The van der Waals surface area contributed by atoms with Gasteiger partial charge in [-0.2, -0.15) is 0 Å². The van der Waals surface area contributed by atoms with Crippen molar-refractivity contribution >= 4 is 28.8 Å². The lowest BCUT2D eigenvalue weighted by Gasteiger charge is -2.34. The molecule has 144 valence electrons. The van der Waals surface area contributed by atoms with E-state index in [0.717, 1.165) is 32.2 Å². The number of para-hydroxylation sites is 1. The van der Waals surface area contributed by atoms with Gasteiger partial charge in [-0.1, -0.05) is 24.3 Å². The Hall–Kier alpha value is -2.34. The van der Waals surface area contributed by atoms with E-state index in [-0.39, 0.29) is 17.9 Å². The van der Waals surface area contributed by atoms with Gasteiger partial charge in [-0.15, -0.1) is 11.3 Å². The number of piperidine rings is 1. The van der Waals surface area contributed by atoms with Crippen LogP contribution in [0, 0.1) is 0 Å². The normalized spacial score (nSPS) is 16.8. The van der Waals surface area contributed by atoms with Crippen LogP contribution >= 0.6 is 11.3 Å². The topological polar surface area (TPSA) is 52.7 Å². The summed E-state index contributed by atoms with van der Waals surface area (Å²) in [6, 6.07) is 13.6. The van der Waals surface area contributed by atoms with Crippen molar-refractivity contribution in [2.75, 3.05) is 31.6 Å². The van der Waals surface area contributed by atoms with E-state index in [0.29, 0.717) is 18.0 Å². The molecule has 0 spiro atoms. The van der Waals surface area contributed by atoms with Gasteiger partial charge < -0.3 is 15.1 Å². The zero-order valence-corrected chi connectivity index (χ0v) is 16.6. The third-order valence-electron chi connectivity index (χ3n) is 4.96. The Balaban J connectivity index is 1.48. The zero-order chi connectivity index (χ0) is 19.1. The molecule has 0 saturated carbocycles. The molecule has 1 aromatic carbocycles. The number of thiophene rings is 1. The van der Waals surface area contributed by atoms with E-state index in [1.807, 2.05) is 35.7 Å². The van der Waals surface area contributed by atoms with Gasteiger partial charge in [-0.05, 0) is 49.3 Å². The molecule has 1 N–H and O–H groups in total. The highest BCUT2D eigenvalue weighted by atomic mass is 32.1. The molecule has 1 atom stereocenters. The van der Waals surface area contributed by atoms with Gasteiger partial charge in [-0.25, -0.2) is 0 Å². The van der Waals surface area contributed by atoms with Crippen molar-refractivity contribution in [2.24, 2.45) is 0 Å². The number of nitrogens with zero attached hydrogens (tertiary/aromatic N) is 2. The molecule has 5 nitrogen and oxygen atoms in total. The second kappa shape index (κ2) is 9.55. The largest absolute Gasteiger partial charge is 0.375 e. The highest BCUT2D eigenvalue weighted by Crippen LogP contribution is 2.22. The second-order valence-electron chi connectivity index (χ2n) is 6.89. The van der Waals surface area contributed by atoms with Gasteiger partial charge in [-0.3, -0.25) is 9.59 Å². The van der Waals surface area contributed by atoms with Crippen LogP contribution in [0.2, 0.25) is 0 Å². The van der Waals surface area contributed by atoms with Gasteiger partial charge in [0.1, 0.15) is 6.04 Å². The maximum Gasteiger partial charge on any atom is 0.264 e. The smallest absolute Gasteiger partial charge is 0.264 e. The molecular formula is C21H27N3O2S. The third-order valence-corrected chi connectivity index (χ3v) is 5.82. The molecule has 6 heteroatoms. The summed E-state index contributed by atoms with van der Waals surface area (Å²) < 4.78 is 0. The fourth-order valence-electron chi connectivity index (χ4n) is 3.45. The van der Waals surface area contributed by atoms with Crippen LogP contribution in [-0.4, -0.2) is 49.4 Å². The van der Waals surface area contributed by atoms with Crippen LogP contribution in [0.5, 0.6) is 0 Å². The molecule has 2 amide bonds. The van der Waals surface area contributed by atoms with Crippen LogP contribution in [-0.2, 0) is 4.79 Å². The summed E-state index contributed by atoms with van der Waals surface area (Å²) in [6.45, 7) is 2.14. The zero-order valence-electron chi connectivity index (χ0n) is 15.8. The summed E-state index contributed by atoms with van der Waals surface area (Å²) in [5.74, 6) is -0.0457. The molecule has 1 unspecified atom stereocenters. The molecule has 0 bridgehead atoms. The van der Waals surface area contributed by atoms with Crippen molar-refractivity contribution in [3.05, 3.63) is 52.7 Å². The minimum atomic E-state index is -0.347. The van der Waals surface area contributed by atoms with E-state index >= 15 is 0 Å². The lowest BCUT2D eigenvalue weighted by Crippen LogP contribution is -2.52. The Morgan fingerprint density at radius 1 is 1.19 bits per heavy atom. The standard InChI is InChI=1S/C21H27N3O2S/c1-23(17-9-3-2-4-10-17)14-8-13-22-20(25)18-11-5-6-15-24(18)21(26)19-12-7-16-27-19/h2-4,7,9-10,12,16,18H,5-6,8,11,13-15H2,1H3,(H,22,25). The van der Waals surface area contributed by atoms with Crippen molar-refractivity contribution in [3.63, 3.8) is 0 Å². The van der Waals surface area contributed by atoms with E-state index in [1.165, 1.54) is 17.0 Å². The van der Waals surface area contributed by atoms with Crippen LogP contribution in [0.25, 0.3) is 0 Å². The first-order valence-corrected chi connectivity index (χ1v) is 10.4. The first kappa shape index (κ1) is 19.4. The summed E-state index contributed by atoms with van der Waals surface area (Å²) in [4.78, 5) is 30.0. The maximum absolute atomic E-state index is 12.7. The van der Waals surface area contributed by atoms with Crippen LogP contribution in [0.1, 0.15) is 35.4 Å². The number of hydrogen-bond donors (Lipinski definition) is 1. The molecule has 1 saturated heterocycles. The van der Waals surface area contributed by atoms with Crippen molar-refractivity contribution in [2.45, 2.75) is 31.7 Å². The molecule has 27 heavy (non-hydrogen) atoms. The highest BCUT2D eigenvalue weighted by molar-refractivity contribution is 7.12. The Bertz CT molecular complexity index is 733. The van der Waals surface area contributed by atoms with Crippen LogP contribution in [0.15, 0.2) is 47.8 Å². The van der Waals surface area contributed by atoms with Gasteiger partial charge in [0, 0.05) is 32.4 Å². The average molecular weight is 386 g/mol. The quantitative estimate of drug-likeness (QED) is 0.744. The number of anilines is 1. The van der Waals surface area contributed by atoms with Crippen LogP contribution < -0.4 is 10.2 Å². The predicted molar refractivity (Wildman–Crippen MR) is 110 cm³/mol. The number of nitrogens with one attached hydrogen (secondary N) is 1. The SMILES string of the molecule is CN(CCCNC(=O)C1CCCCN1C(=O)c1cccs1)c1ccccc1. The van der Waals surface area contributed by atoms with Gasteiger partial charge in [0.25, 0.3) is 5.91 Å². The monoisotopic (exact) mass is 385 g/mol. The molecule has 3 rings (SSSR count). The number of hydrogen-bond acceptors (Lipinski definition) is 4. The number of carbonyl (C=O) groups excluding carboxylic acids is 2. The van der Waals surface area contributed by atoms with Crippen molar-refractivity contribution < 1.29 is 9.59 Å². The Kier molecular flexibility index (Phi) is 6.87. The summed E-state index contributed by atoms with van der Waals surface area (Å²) in [6.07, 6.45) is 3.56. The summed E-state index contributed by atoms with van der Waals surface area (Å²) in [5.41, 5.74) is 1.17. The molecule has 1 aromatic heterocycles. The Morgan fingerprint density at radius 2 is 2.00 bits per heavy atom. The van der Waals surface area contributed by atoms with Gasteiger partial charge >= 0.3 is 0 Å². The number of benzene rings is 1. The molecule has 0 radical (unpaired) electrons. The highest BCUT2D eigenvalue weighted by Gasteiger charge is 2.32. The number of carbonyl (C=O) groups is 2. The van der Waals surface area contributed by atoms with Gasteiger partial charge in [0.05, 0.1) is 4.88 Å². The Labute approximate surface area is 165 Å². The van der Waals surface area contributed by atoms with Crippen molar-refractivity contribution in [1.29, 1.82) is 0 Å². The first-order valence-electron chi connectivity index (χ1n) is 9.55. The fraction of sp³-hybridized carbons (Fsp3) is 0.429. The van der Waals surface area contributed by atoms with E-state index in [2.05, 4.69) is 29.4 Å². The summed E-state index contributed by atoms with van der Waals surface area (Å²) >= 11 is 1.43. The van der Waals surface area contributed by atoms with E-state index in [9.17, 15) is 9.59 Å². The summed E-state index contributed by atoms with van der Waals surface area (Å²) in [5, 5.41) is 4.93. The minimum absolute atomic E-state index is 0.0198. The lowest BCUT2D eigenvalue weighted by molar-refractivity contribution is -0.126. The number of likely N-dealkylation sites (tertiary alicyclic amines) is 1. The van der Waals surface area contributed by atoms with Crippen molar-refractivity contribution in [1.82, 2.24) is 10.2 Å². The molecular weight excluding hydrogens is 358 g/mol. The lowest BCUT2D eigenvalue weighted by atomic mass is 10.0. The molecule has 1 aliphatic rings. The van der Waals surface area contributed by atoms with Crippen molar-refractivity contribution in [3.8, 4) is 0 Å². The third kappa shape index (κ3) is 5.10. The predicted octanol–water partition coefficient (Wildman–Crippen LogP) is 3.39. The van der Waals surface area contributed by atoms with E-state index < -0.39 is 0 Å². The van der Waals surface area contributed by atoms with Crippen LogP contribution in [0.4, 0.5) is 5.69 Å². The molecule has 1 aliphatic heterocycles. The van der Waals surface area contributed by atoms with Crippen LogP contribution in [0.3, 0.4) is 0 Å². The maximum atomic E-state index is 12.7. The van der Waals surface area contributed by atoms with Gasteiger partial charge in [0.15, 0.2) is 0 Å². The second-order valence-corrected chi connectivity index (χ2v) is 7.84. The molecule has 1 fully saturated rings. The Morgan fingerprint density at radius 3 is 2.74 bits per heavy atom.